The highest BCUT2D eigenvalue weighted by Crippen LogP contribution is 2.32. The maximum atomic E-state index is 5.29. The van der Waals surface area contributed by atoms with Crippen molar-refractivity contribution in [2.45, 2.75) is 0 Å². The van der Waals surface area contributed by atoms with E-state index in [9.17, 15) is 0 Å². The topological polar surface area (TPSA) is 68.9 Å². The van der Waals surface area contributed by atoms with E-state index in [0.29, 0.717) is 11.5 Å². The van der Waals surface area contributed by atoms with E-state index in [1.807, 2.05) is 30.3 Å². The average Bonchev–Trinajstić information content (AvgIpc) is 2.45. The molecule has 0 saturated carbocycles. The maximum absolute atomic E-state index is 5.29. The van der Waals surface area contributed by atoms with Crippen molar-refractivity contribution in [1.82, 2.24) is 5.43 Å². The van der Waals surface area contributed by atoms with Crippen LogP contribution >= 0.6 is 12.2 Å². The van der Waals surface area contributed by atoms with Gasteiger partial charge < -0.3 is 15.2 Å². The Morgan fingerprint density at radius 1 is 1.15 bits per heavy atom. The number of rotatable bonds is 4. The van der Waals surface area contributed by atoms with Gasteiger partial charge in [0.05, 0.1) is 20.4 Å². The third-order valence-corrected chi connectivity index (χ3v) is 2.85. The van der Waals surface area contributed by atoms with Gasteiger partial charge in [-0.1, -0.05) is 12.1 Å². The molecule has 2 aromatic carbocycles. The number of hydrazone groups is 1. The molecule has 0 aliphatic heterocycles. The number of nitrogens with zero attached hydrogens (tertiary/aromatic N) is 1. The lowest BCUT2D eigenvalue weighted by Gasteiger charge is -2.09. The lowest BCUT2D eigenvalue weighted by atomic mass is 10.1. The summed E-state index contributed by atoms with van der Waals surface area (Å²) in [6.45, 7) is 0. The van der Waals surface area contributed by atoms with Gasteiger partial charge in [0.15, 0.2) is 16.6 Å². The third-order valence-electron chi connectivity index (χ3n) is 2.76. The number of benzene rings is 2. The second-order valence-electron chi connectivity index (χ2n) is 4.05. The number of nitrogens with two attached hydrogens (primary N) is 1. The molecule has 104 valence electrons. The van der Waals surface area contributed by atoms with E-state index in [2.05, 4.69) is 22.7 Å². The summed E-state index contributed by atoms with van der Waals surface area (Å²) in [6.07, 6.45) is 1.65. The molecule has 0 unspecified atom stereocenters. The first-order valence-corrected chi connectivity index (χ1v) is 6.29. The normalized spacial score (nSPS) is 10.7. The first kappa shape index (κ1) is 14.1. The molecule has 0 radical (unpaired) electrons. The lowest BCUT2D eigenvalue weighted by Crippen LogP contribution is -2.23. The van der Waals surface area contributed by atoms with Crippen molar-refractivity contribution in [1.29, 1.82) is 0 Å². The molecule has 0 saturated heterocycles. The SMILES string of the molecule is COc1cc2ccc(/C=N\NC(N)=S)cc2cc1OC. The standard InChI is InChI=1S/C14H15N3O2S/c1-18-12-6-10-4-3-9(8-16-17-14(15)20)5-11(10)7-13(12)19-2/h3-8H,1-2H3,(H3,15,17,20)/b16-8-. The quantitative estimate of drug-likeness (QED) is 0.512. The van der Waals surface area contributed by atoms with Crippen LogP contribution in [0.3, 0.4) is 0 Å². The van der Waals surface area contributed by atoms with E-state index in [1.54, 1.807) is 20.4 Å². The predicted molar refractivity (Wildman–Crippen MR) is 84.6 cm³/mol. The fourth-order valence-corrected chi connectivity index (χ4v) is 1.90. The average molecular weight is 289 g/mol. The zero-order valence-electron chi connectivity index (χ0n) is 11.2. The molecule has 2 rings (SSSR count). The van der Waals surface area contributed by atoms with E-state index in [0.717, 1.165) is 16.3 Å². The predicted octanol–water partition coefficient (Wildman–Crippen LogP) is 2.02. The van der Waals surface area contributed by atoms with Gasteiger partial charge >= 0.3 is 0 Å². The van der Waals surface area contributed by atoms with Gasteiger partial charge in [0.2, 0.25) is 0 Å². The van der Waals surface area contributed by atoms with Crippen LogP contribution in [-0.4, -0.2) is 25.5 Å². The van der Waals surface area contributed by atoms with Crippen molar-refractivity contribution in [2.24, 2.45) is 10.8 Å². The molecular formula is C14H15N3O2S. The molecular weight excluding hydrogens is 274 g/mol. The second kappa shape index (κ2) is 6.21. The summed E-state index contributed by atoms with van der Waals surface area (Å²) in [6, 6.07) is 9.77. The minimum atomic E-state index is 0.133. The summed E-state index contributed by atoms with van der Waals surface area (Å²) in [5, 5.41) is 6.15. The van der Waals surface area contributed by atoms with Gasteiger partial charge in [0.25, 0.3) is 0 Å². The highest BCUT2D eigenvalue weighted by Gasteiger charge is 2.05. The van der Waals surface area contributed by atoms with Crippen LogP contribution in [0, 0.1) is 0 Å². The Morgan fingerprint density at radius 2 is 1.80 bits per heavy atom. The summed E-state index contributed by atoms with van der Waals surface area (Å²) in [7, 11) is 3.23. The van der Waals surface area contributed by atoms with Crippen molar-refractivity contribution < 1.29 is 9.47 Å². The molecule has 0 aromatic heterocycles. The van der Waals surface area contributed by atoms with E-state index in [4.69, 9.17) is 15.2 Å². The van der Waals surface area contributed by atoms with Crippen LogP contribution in [0.2, 0.25) is 0 Å². The van der Waals surface area contributed by atoms with Gasteiger partial charge in [0.1, 0.15) is 0 Å². The first-order valence-electron chi connectivity index (χ1n) is 5.88. The van der Waals surface area contributed by atoms with Gasteiger partial charge in [-0.25, -0.2) is 0 Å². The number of methoxy groups -OCH3 is 2. The maximum Gasteiger partial charge on any atom is 0.184 e. The molecule has 0 heterocycles. The van der Waals surface area contributed by atoms with Crippen LogP contribution in [0.25, 0.3) is 10.8 Å². The number of hydrogen-bond donors (Lipinski definition) is 2. The van der Waals surface area contributed by atoms with Gasteiger partial charge in [-0.2, -0.15) is 5.10 Å². The number of hydrogen-bond acceptors (Lipinski definition) is 4. The van der Waals surface area contributed by atoms with Crippen molar-refractivity contribution in [3.63, 3.8) is 0 Å². The number of fused-ring (bicyclic) bond motifs is 1. The largest absolute Gasteiger partial charge is 0.493 e. The fraction of sp³-hybridized carbons (Fsp3) is 0.143. The Labute approximate surface area is 122 Å². The summed E-state index contributed by atoms with van der Waals surface area (Å²) in [5.74, 6) is 1.40. The molecule has 0 aliphatic carbocycles. The van der Waals surface area contributed by atoms with E-state index in [1.165, 1.54) is 0 Å². The van der Waals surface area contributed by atoms with E-state index in [-0.39, 0.29) is 5.11 Å². The van der Waals surface area contributed by atoms with Crippen LogP contribution in [0.1, 0.15) is 5.56 Å². The summed E-state index contributed by atoms with van der Waals surface area (Å²) >= 11 is 4.67. The van der Waals surface area contributed by atoms with Crippen molar-refractivity contribution in [3.05, 3.63) is 35.9 Å². The number of ether oxygens (including phenoxy) is 2. The minimum Gasteiger partial charge on any atom is -0.493 e. The third kappa shape index (κ3) is 3.16. The monoisotopic (exact) mass is 289 g/mol. The van der Waals surface area contributed by atoms with Gasteiger partial charge in [-0.15, -0.1) is 0 Å². The Kier molecular flexibility index (Phi) is 4.37. The molecule has 0 amide bonds. The molecule has 3 N–H and O–H groups in total. The van der Waals surface area contributed by atoms with Crippen LogP contribution in [0.4, 0.5) is 0 Å². The smallest absolute Gasteiger partial charge is 0.184 e. The molecule has 2 aromatic rings. The Hall–Kier alpha value is -2.34. The lowest BCUT2D eigenvalue weighted by molar-refractivity contribution is 0.356. The molecule has 0 atom stereocenters. The molecule has 5 nitrogen and oxygen atoms in total. The highest BCUT2D eigenvalue weighted by atomic mass is 32.1. The van der Waals surface area contributed by atoms with Crippen LogP contribution in [0.5, 0.6) is 11.5 Å². The summed E-state index contributed by atoms with van der Waals surface area (Å²) in [5.41, 5.74) is 8.73. The van der Waals surface area contributed by atoms with Gasteiger partial charge in [-0.3, -0.25) is 5.43 Å². The number of nitrogens with one attached hydrogen (secondary N) is 1. The fourth-order valence-electron chi connectivity index (χ4n) is 1.84. The van der Waals surface area contributed by atoms with Gasteiger partial charge in [0, 0.05) is 0 Å². The van der Waals surface area contributed by atoms with Crippen LogP contribution in [0.15, 0.2) is 35.4 Å². The minimum absolute atomic E-state index is 0.133. The second-order valence-corrected chi connectivity index (χ2v) is 4.49. The van der Waals surface area contributed by atoms with Crippen molar-refractivity contribution in [3.8, 4) is 11.5 Å². The zero-order valence-corrected chi connectivity index (χ0v) is 12.0. The molecule has 0 fully saturated rings. The van der Waals surface area contributed by atoms with E-state index >= 15 is 0 Å². The molecule has 6 heteroatoms. The first-order chi connectivity index (χ1) is 9.63. The Bertz CT molecular complexity index is 671. The molecule has 0 aliphatic rings. The van der Waals surface area contributed by atoms with Crippen molar-refractivity contribution in [2.75, 3.05) is 14.2 Å². The molecule has 0 spiro atoms. The van der Waals surface area contributed by atoms with Crippen LogP contribution in [-0.2, 0) is 0 Å². The highest BCUT2D eigenvalue weighted by molar-refractivity contribution is 7.80. The molecule has 0 bridgehead atoms. The van der Waals surface area contributed by atoms with Gasteiger partial charge in [-0.05, 0) is 46.8 Å². The summed E-state index contributed by atoms with van der Waals surface area (Å²) in [4.78, 5) is 0. The molecule has 20 heavy (non-hydrogen) atoms. The Balaban J connectivity index is 2.38. The zero-order chi connectivity index (χ0) is 14.5. The number of thiocarbonyl (C=S) groups is 1. The van der Waals surface area contributed by atoms with Crippen molar-refractivity contribution >= 4 is 34.3 Å². The Morgan fingerprint density at radius 3 is 2.40 bits per heavy atom. The summed E-state index contributed by atoms with van der Waals surface area (Å²) < 4.78 is 10.6. The van der Waals surface area contributed by atoms with Crippen LogP contribution < -0.4 is 20.6 Å². The van der Waals surface area contributed by atoms with E-state index < -0.39 is 0 Å².